The minimum atomic E-state index is -0.535. The molecule has 1 unspecified atom stereocenters. The standard InChI is InChI=1S/C18H23N3O3/c1-23-18-12-17(24-20-18)16(19-22)13-21-9-7-15(8-10-21)11-14-5-3-2-4-6-14/h2-6,12,15-16H,7-11,13H2,1H3. The van der Waals surface area contributed by atoms with E-state index in [-0.39, 0.29) is 0 Å². The summed E-state index contributed by atoms with van der Waals surface area (Å²) in [6.07, 6.45) is 3.41. The molecule has 0 aliphatic carbocycles. The smallest absolute Gasteiger partial charge is 0.254 e. The lowest BCUT2D eigenvalue weighted by Crippen LogP contribution is -2.36. The number of nitrogens with zero attached hydrogens (tertiary/aromatic N) is 3. The molecule has 2 aromatic rings. The van der Waals surface area contributed by atoms with E-state index in [1.807, 2.05) is 0 Å². The zero-order valence-electron chi connectivity index (χ0n) is 13.9. The SMILES string of the molecule is COc1cc(C(CN2CCC(Cc3ccccc3)CC2)N=O)on1. The molecule has 0 N–H and O–H groups in total. The van der Waals surface area contributed by atoms with Gasteiger partial charge < -0.3 is 14.2 Å². The van der Waals surface area contributed by atoms with Gasteiger partial charge in [0.25, 0.3) is 5.88 Å². The molecule has 0 radical (unpaired) electrons. The Morgan fingerprint density at radius 3 is 2.71 bits per heavy atom. The molecular weight excluding hydrogens is 306 g/mol. The maximum Gasteiger partial charge on any atom is 0.254 e. The first kappa shape index (κ1) is 16.6. The zero-order valence-corrected chi connectivity index (χ0v) is 13.9. The van der Waals surface area contributed by atoms with E-state index in [9.17, 15) is 4.91 Å². The molecule has 0 spiro atoms. The molecule has 1 fully saturated rings. The van der Waals surface area contributed by atoms with Gasteiger partial charge in [0.05, 0.1) is 7.11 Å². The van der Waals surface area contributed by atoms with Gasteiger partial charge in [-0.05, 0) is 49.0 Å². The molecule has 0 amide bonds. The monoisotopic (exact) mass is 329 g/mol. The van der Waals surface area contributed by atoms with Crippen LogP contribution in [0.3, 0.4) is 0 Å². The summed E-state index contributed by atoms with van der Waals surface area (Å²) in [5.74, 6) is 1.55. The van der Waals surface area contributed by atoms with E-state index in [1.54, 1.807) is 6.07 Å². The van der Waals surface area contributed by atoms with Gasteiger partial charge in [0.15, 0.2) is 11.8 Å². The number of methoxy groups -OCH3 is 1. The predicted octanol–water partition coefficient (Wildman–Crippen LogP) is 3.45. The number of likely N-dealkylation sites (tertiary alicyclic amines) is 1. The van der Waals surface area contributed by atoms with E-state index >= 15 is 0 Å². The molecule has 2 heterocycles. The lowest BCUT2D eigenvalue weighted by atomic mass is 9.90. The number of aromatic nitrogens is 1. The molecule has 6 heteroatoms. The molecule has 1 aliphatic rings. The van der Waals surface area contributed by atoms with E-state index in [2.05, 4.69) is 45.6 Å². The van der Waals surface area contributed by atoms with Crippen LogP contribution in [-0.2, 0) is 6.42 Å². The van der Waals surface area contributed by atoms with Crippen molar-refractivity contribution in [3.63, 3.8) is 0 Å². The minimum Gasteiger partial charge on any atom is -0.479 e. The third-order valence-electron chi connectivity index (χ3n) is 4.68. The first-order chi connectivity index (χ1) is 11.8. The van der Waals surface area contributed by atoms with Crippen LogP contribution in [-0.4, -0.2) is 36.8 Å². The fraction of sp³-hybridized carbons (Fsp3) is 0.500. The number of ether oxygens (including phenoxy) is 1. The Balaban J connectivity index is 1.50. The maximum atomic E-state index is 11.2. The fourth-order valence-electron chi connectivity index (χ4n) is 3.27. The average molecular weight is 329 g/mol. The molecular formula is C18H23N3O3. The van der Waals surface area contributed by atoms with E-state index in [0.29, 0.717) is 24.1 Å². The van der Waals surface area contributed by atoms with Gasteiger partial charge in [-0.3, -0.25) is 0 Å². The highest BCUT2D eigenvalue weighted by atomic mass is 16.5. The molecule has 24 heavy (non-hydrogen) atoms. The zero-order chi connectivity index (χ0) is 16.8. The van der Waals surface area contributed by atoms with Crippen LogP contribution in [0.25, 0.3) is 0 Å². The van der Waals surface area contributed by atoms with Crippen LogP contribution in [0, 0.1) is 10.8 Å². The fourth-order valence-corrected chi connectivity index (χ4v) is 3.27. The summed E-state index contributed by atoms with van der Waals surface area (Å²) in [7, 11) is 1.52. The summed E-state index contributed by atoms with van der Waals surface area (Å²) in [6.45, 7) is 2.53. The van der Waals surface area contributed by atoms with Crippen molar-refractivity contribution < 1.29 is 9.26 Å². The summed E-state index contributed by atoms with van der Waals surface area (Å²) in [5, 5.41) is 6.95. The van der Waals surface area contributed by atoms with Gasteiger partial charge in [-0.25, -0.2) is 0 Å². The molecule has 0 saturated carbocycles. The van der Waals surface area contributed by atoms with Gasteiger partial charge >= 0.3 is 0 Å². The summed E-state index contributed by atoms with van der Waals surface area (Å²) in [5.41, 5.74) is 1.40. The van der Waals surface area contributed by atoms with Crippen molar-refractivity contribution in [2.45, 2.75) is 25.3 Å². The van der Waals surface area contributed by atoms with Crippen LogP contribution in [0.5, 0.6) is 5.88 Å². The molecule has 1 aliphatic heterocycles. The van der Waals surface area contributed by atoms with Crippen molar-refractivity contribution in [1.29, 1.82) is 0 Å². The summed E-state index contributed by atoms with van der Waals surface area (Å²) in [6, 6.07) is 11.7. The number of rotatable bonds is 7. The van der Waals surface area contributed by atoms with E-state index in [4.69, 9.17) is 9.26 Å². The number of benzene rings is 1. The summed E-state index contributed by atoms with van der Waals surface area (Å²) in [4.78, 5) is 13.5. The van der Waals surface area contributed by atoms with E-state index in [1.165, 1.54) is 12.7 Å². The van der Waals surface area contributed by atoms with E-state index in [0.717, 1.165) is 32.4 Å². The van der Waals surface area contributed by atoms with Gasteiger partial charge in [0.2, 0.25) is 0 Å². The molecule has 1 aromatic carbocycles. The molecule has 1 saturated heterocycles. The highest BCUT2D eigenvalue weighted by molar-refractivity contribution is 5.16. The Kier molecular flexibility index (Phi) is 5.59. The van der Waals surface area contributed by atoms with Gasteiger partial charge in [-0.2, -0.15) is 0 Å². The van der Waals surface area contributed by atoms with Crippen LogP contribution in [0.1, 0.15) is 30.2 Å². The van der Waals surface area contributed by atoms with Gasteiger partial charge in [0.1, 0.15) is 0 Å². The third-order valence-corrected chi connectivity index (χ3v) is 4.68. The maximum absolute atomic E-state index is 11.2. The lowest BCUT2D eigenvalue weighted by molar-refractivity contribution is 0.168. The van der Waals surface area contributed by atoms with Crippen LogP contribution < -0.4 is 4.74 Å². The lowest BCUT2D eigenvalue weighted by Gasteiger charge is -2.32. The van der Waals surface area contributed by atoms with E-state index < -0.39 is 6.04 Å². The number of nitroso groups, excluding NO2 is 1. The molecule has 6 nitrogen and oxygen atoms in total. The Morgan fingerprint density at radius 1 is 1.33 bits per heavy atom. The van der Waals surface area contributed by atoms with Crippen molar-refractivity contribution in [3.8, 4) is 5.88 Å². The van der Waals surface area contributed by atoms with Gasteiger partial charge in [-0.15, -0.1) is 4.91 Å². The largest absolute Gasteiger partial charge is 0.479 e. The number of hydrogen-bond donors (Lipinski definition) is 0. The van der Waals surface area contributed by atoms with Crippen molar-refractivity contribution in [2.24, 2.45) is 11.1 Å². The highest BCUT2D eigenvalue weighted by Crippen LogP contribution is 2.26. The predicted molar refractivity (Wildman–Crippen MR) is 90.9 cm³/mol. The number of piperidine rings is 1. The molecule has 1 atom stereocenters. The van der Waals surface area contributed by atoms with Crippen LogP contribution in [0.15, 0.2) is 46.1 Å². The topological polar surface area (TPSA) is 67.9 Å². The minimum absolute atomic E-state index is 0.375. The average Bonchev–Trinajstić information content (AvgIpc) is 3.11. The van der Waals surface area contributed by atoms with Crippen molar-refractivity contribution in [1.82, 2.24) is 10.1 Å². The summed E-state index contributed by atoms with van der Waals surface area (Å²) >= 11 is 0. The van der Waals surface area contributed by atoms with Crippen LogP contribution in [0.2, 0.25) is 0 Å². The molecule has 128 valence electrons. The third kappa shape index (κ3) is 4.20. The van der Waals surface area contributed by atoms with Crippen LogP contribution in [0.4, 0.5) is 0 Å². The van der Waals surface area contributed by atoms with Crippen molar-refractivity contribution in [2.75, 3.05) is 26.7 Å². The second-order valence-electron chi connectivity index (χ2n) is 6.33. The van der Waals surface area contributed by atoms with Gasteiger partial charge in [0, 0.05) is 12.6 Å². The van der Waals surface area contributed by atoms with Crippen LogP contribution >= 0.6 is 0 Å². The Bertz CT molecular complexity index is 636. The quantitative estimate of drug-likeness (QED) is 0.728. The Hall–Kier alpha value is -2.21. The summed E-state index contributed by atoms with van der Waals surface area (Å²) < 4.78 is 10.1. The Labute approximate surface area is 141 Å². The number of hydrogen-bond acceptors (Lipinski definition) is 6. The molecule has 3 rings (SSSR count). The molecule has 0 bridgehead atoms. The highest BCUT2D eigenvalue weighted by Gasteiger charge is 2.25. The first-order valence-corrected chi connectivity index (χ1v) is 8.38. The van der Waals surface area contributed by atoms with Gasteiger partial charge in [-0.1, -0.05) is 35.5 Å². The Morgan fingerprint density at radius 2 is 2.08 bits per heavy atom. The second-order valence-corrected chi connectivity index (χ2v) is 6.33. The van der Waals surface area contributed by atoms with Crippen molar-refractivity contribution >= 4 is 0 Å². The normalized spacial score (nSPS) is 17.5. The second kappa shape index (κ2) is 8.06. The first-order valence-electron chi connectivity index (χ1n) is 8.38. The molecule has 1 aromatic heterocycles. The van der Waals surface area contributed by atoms with Crippen molar-refractivity contribution in [3.05, 3.63) is 52.6 Å².